The van der Waals surface area contributed by atoms with E-state index in [4.69, 9.17) is 4.74 Å². The van der Waals surface area contributed by atoms with Crippen LogP contribution < -0.4 is 4.74 Å². The second kappa shape index (κ2) is 8.91. The Balaban J connectivity index is 2.04. The molecule has 0 aliphatic carbocycles. The summed E-state index contributed by atoms with van der Waals surface area (Å²) >= 11 is 0. The molecule has 2 heterocycles. The summed E-state index contributed by atoms with van der Waals surface area (Å²) in [6, 6.07) is 3.14. The van der Waals surface area contributed by atoms with Crippen LogP contribution in [0.4, 0.5) is 17.6 Å². The number of allylic oxidation sites excluding steroid dienone is 2. The van der Waals surface area contributed by atoms with Crippen LogP contribution in [0.25, 0.3) is 5.57 Å². The maximum Gasteiger partial charge on any atom is 0.204 e. The first kappa shape index (κ1) is 19.9. The highest BCUT2D eigenvalue weighted by atomic mass is 19.2. The molecule has 1 aromatic carbocycles. The summed E-state index contributed by atoms with van der Waals surface area (Å²) in [6.45, 7) is 1.99. The molecule has 0 spiro atoms. The first-order valence-electron chi connectivity index (χ1n) is 9.14. The number of nitrogens with one attached hydrogen (secondary N) is 1. The molecule has 0 fully saturated rings. The standard InChI is InChI=1S/C21H20F4N2O/c1-2-3-4-5-12-28-21-19(24)17(22)16(18(23)20(21)25)15(13-8-6-10-26-13)14-9-7-11-27-14/h6-11,26H,2-5,12H2,1H3/b15-14+. The van der Waals surface area contributed by atoms with Crippen LogP contribution in [0.2, 0.25) is 0 Å². The molecule has 0 atom stereocenters. The van der Waals surface area contributed by atoms with Crippen molar-refractivity contribution in [3.05, 3.63) is 70.7 Å². The molecule has 1 aliphatic heterocycles. The van der Waals surface area contributed by atoms with Gasteiger partial charge in [0.05, 0.1) is 17.9 Å². The van der Waals surface area contributed by atoms with Gasteiger partial charge in [0.25, 0.3) is 0 Å². The molecule has 0 radical (unpaired) electrons. The quantitative estimate of drug-likeness (QED) is 0.337. The molecule has 1 aromatic heterocycles. The zero-order valence-electron chi connectivity index (χ0n) is 15.4. The number of hydrogen-bond donors (Lipinski definition) is 1. The molecule has 148 valence electrons. The van der Waals surface area contributed by atoms with Gasteiger partial charge in [-0.25, -0.2) is 8.78 Å². The Morgan fingerprint density at radius 2 is 1.79 bits per heavy atom. The number of benzene rings is 1. The molecule has 0 amide bonds. The molecule has 3 rings (SSSR count). The molecular weight excluding hydrogens is 372 g/mol. The zero-order valence-corrected chi connectivity index (χ0v) is 15.4. The van der Waals surface area contributed by atoms with Gasteiger partial charge in [-0.2, -0.15) is 8.78 Å². The van der Waals surface area contributed by atoms with Crippen LogP contribution >= 0.6 is 0 Å². The third kappa shape index (κ3) is 3.88. The van der Waals surface area contributed by atoms with Gasteiger partial charge in [0.15, 0.2) is 17.4 Å². The van der Waals surface area contributed by atoms with Crippen LogP contribution in [0.3, 0.4) is 0 Å². The summed E-state index contributed by atoms with van der Waals surface area (Å²) < 4.78 is 63.9. The van der Waals surface area contributed by atoms with Gasteiger partial charge >= 0.3 is 0 Å². The van der Waals surface area contributed by atoms with E-state index in [1.165, 1.54) is 24.6 Å². The average Bonchev–Trinajstić information content (AvgIpc) is 3.40. The van der Waals surface area contributed by atoms with Crippen molar-refractivity contribution in [3.8, 4) is 5.75 Å². The van der Waals surface area contributed by atoms with Crippen molar-refractivity contribution in [1.82, 2.24) is 4.98 Å². The van der Waals surface area contributed by atoms with Crippen molar-refractivity contribution in [2.45, 2.75) is 32.6 Å². The van der Waals surface area contributed by atoms with E-state index in [9.17, 15) is 17.6 Å². The highest BCUT2D eigenvalue weighted by Crippen LogP contribution is 2.38. The number of aromatic amines is 1. The molecule has 2 aromatic rings. The van der Waals surface area contributed by atoms with Crippen molar-refractivity contribution in [3.63, 3.8) is 0 Å². The zero-order chi connectivity index (χ0) is 20.1. The minimum atomic E-state index is -1.56. The van der Waals surface area contributed by atoms with Crippen LogP contribution in [-0.2, 0) is 0 Å². The molecular formula is C21H20F4N2O. The largest absolute Gasteiger partial charge is 0.487 e. The van der Waals surface area contributed by atoms with Crippen molar-refractivity contribution < 1.29 is 22.3 Å². The molecule has 1 N–H and O–H groups in total. The predicted octanol–water partition coefficient (Wildman–Crippen LogP) is 5.93. The minimum absolute atomic E-state index is 0.0241. The fourth-order valence-electron chi connectivity index (χ4n) is 3.00. The number of halogens is 4. The van der Waals surface area contributed by atoms with Crippen molar-refractivity contribution in [2.24, 2.45) is 4.99 Å². The van der Waals surface area contributed by atoms with E-state index in [2.05, 4.69) is 9.98 Å². The van der Waals surface area contributed by atoms with E-state index >= 15 is 0 Å². The average molecular weight is 392 g/mol. The molecule has 3 nitrogen and oxygen atoms in total. The lowest BCUT2D eigenvalue weighted by Gasteiger charge is -2.15. The van der Waals surface area contributed by atoms with Gasteiger partial charge in [-0.1, -0.05) is 26.2 Å². The Hall–Kier alpha value is -2.83. The van der Waals surface area contributed by atoms with Gasteiger partial charge in [-0.05, 0) is 30.7 Å². The van der Waals surface area contributed by atoms with Crippen LogP contribution in [0, 0.1) is 23.3 Å². The molecule has 7 heteroatoms. The number of ether oxygens (including phenoxy) is 1. The predicted molar refractivity (Wildman–Crippen MR) is 100 cm³/mol. The second-order valence-corrected chi connectivity index (χ2v) is 6.35. The summed E-state index contributed by atoms with van der Waals surface area (Å²) in [5, 5.41) is 0. The Labute approximate surface area is 160 Å². The van der Waals surface area contributed by atoms with E-state index in [0.717, 1.165) is 19.3 Å². The van der Waals surface area contributed by atoms with Crippen LogP contribution in [0.15, 0.2) is 41.2 Å². The molecule has 0 unspecified atom stereocenters. The molecule has 28 heavy (non-hydrogen) atoms. The van der Waals surface area contributed by atoms with Gasteiger partial charge in [0.2, 0.25) is 11.6 Å². The highest BCUT2D eigenvalue weighted by Gasteiger charge is 2.30. The Bertz CT molecular complexity index is 887. The lowest BCUT2D eigenvalue weighted by atomic mass is 9.98. The number of unbranched alkanes of at least 4 members (excludes halogenated alkanes) is 3. The molecule has 1 aliphatic rings. The third-order valence-electron chi connectivity index (χ3n) is 4.39. The van der Waals surface area contributed by atoms with Gasteiger partial charge in [-0.3, -0.25) is 4.99 Å². The van der Waals surface area contributed by atoms with E-state index in [1.54, 1.807) is 12.1 Å². The van der Waals surface area contributed by atoms with Crippen molar-refractivity contribution in [1.29, 1.82) is 0 Å². The van der Waals surface area contributed by atoms with Gasteiger partial charge in [0.1, 0.15) is 0 Å². The molecule has 0 saturated carbocycles. The fourth-order valence-corrected chi connectivity index (χ4v) is 3.00. The monoisotopic (exact) mass is 392 g/mol. The number of hydrogen-bond acceptors (Lipinski definition) is 2. The SMILES string of the molecule is CCCCCCOc1c(F)c(F)c(/C(=C2\C=CC=N2)c2ccc[nH]2)c(F)c1F. The van der Waals surface area contributed by atoms with Crippen molar-refractivity contribution in [2.75, 3.05) is 6.61 Å². The number of aliphatic imine (C=N–C) groups is 1. The number of rotatable bonds is 8. The highest BCUT2D eigenvalue weighted by molar-refractivity contribution is 5.88. The van der Waals surface area contributed by atoms with Crippen LogP contribution in [-0.4, -0.2) is 17.8 Å². The number of aromatic nitrogens is 1. The van der Waals surface area contributed by atoms with Crippen LogP contribution in [0.1, 0.15) is 43.9 Å². The van der Waals surface area contributed by atoms with Gasteiger partial charge in [0, 0.05) is 23.7 Å². The minimum Gasteiger partial charge on any atom is -0.487 e. The first-order valence-corrected chi connectivity index (χ1v) is 9.14. The summed E-state index contributed by atoms with van der Waals surface area (Å²) in [6.07, 6.45) is 9.29. The second-order valence-electron chi connectivity index (χ2n) is 6.35. The summed E-state index contributed by atoms with van der Waals surface area (Å²) in [4.78, 5) is 6.82. The number of H-pyrrole nitrogens is 1. The normalized spacial score (nSPS) is 14.8. The Morgan fingerprint density at radius 3 is 2.36 bits per heavy atom. The first-order chi connectivity index (χ1) is 13.6. The van der Waals surface area contributed by atoms with E-state index in [-0.39, 0.29) is 23.6 Å². The van der Waals surface area contributed by atoms with E-state index < -0.39 is 34.6 Å². The molecule has 0 bridgehead atoms. The van der Waals surface area contributed by atoms with E-state index in [0.29, 0.717) is 6.42 Å². The Kier molecular flexibility index (Phi) is 6.34. The summed E-state index contributed by atoms with van der Waals surface area (Å²) in [7, 11) is 0. The maximum absolute atomic E-state index is 14.8. The Morgan fingerprint density at radius 1 is 1.04 bits per heavy atom. The van der Waals surface area contributed by atoms with E-state index in [1.807, 2.05) is 6.92 Å². The van der Waals surface area contributed by atoms with Gasteiger partial charge in [-0.15, -0.1) is 0 Å². The number of nitrogens with zero attached hydrogens (tertiary/aromatic N) is 1. The van der Waals surface area contributed by atoms with Crippen LogP contribution in [0.5, 0.6) is 5.75 Å². The summed E-state index contributed by atoms with van der Waals surface area (Å²) in [5.41, 5.74) is -0.428. The third-order valence-corrected chi connectivity index (χ3v) is 4.39. The summed E-state index contributed by atoms with van der Waals surface area (Å²) in [5.74, 6) is -7.18. The fraction of sp³-hybridized carbons (Fsp3) is 0.286. The smallest absolute Gasteiger partial charge is 0.204 e. The maximum atomic E-state index is 14.8. The lowest BCUT2D eigenvalue weighted by molar-refractivity contribution is 0.263. The topological polar surface area (TPSA) is 37.4 Å². The molecule has 0 saturated heterocycles. The van der Waals surface area contributed by atoms with Crippen molar-refractivity contribution >= 4 is 11.8 Å². The lowest BCUT2D eigenvalue weighted by Crippen LogP contribution is -2.10. The van der Waals surface area contributed by atoms with Gasteiger partial charge < -0.3 is 9.72 Å².